The molecule has 20 heavy (non-hydrogen) atoms. The first kappa shape index (κ1) is 12.7. The fraction of sp³-hybridized carbons (Fsp3) is 0.0667. The second kappa shape index (κ2) is 5.35. The van der Waals surface area contributed by atoms with Crippen molar-refractivity contribution in [1.29, 1.82) is 0 Å². The Bertz CT molecular complexity index is 705. The Hall–Kier alpha value is -2.33. The molecule has 1 aromatic heterocycles. The van der Waals surface area contributed by atoms with Gasteiger partial charge in [-0.2, -0.15) is 0 Å². The molecule has 2 aromatic carbocycles. The highest BCUT2D eigenvalue weighted by Gasteiger charge is 2.09. The molecule has 100 valence electrons. The van der Waals surface area contributed by atoms with E-state index in [4.69, 9.17) is 21.8 Å². The summed E-state index contributed by atoms with van der Waals surface area (Å²) in [5, 5.41) is 8.81. The zero-order chi connectivity index (χ0) is 13.9. The Morgan fingerprint density at radius 2 is 1.65 bits per heavy atom. The van der Waals surface area contributed by atoms with E-state index in [9.17, 15) is 0 Å². The maximum absolute atomic E-state index is 5.85. The van der Waals surface area contributed by atoms with Crippen molar-refractivity contribution in [3.63, 3.8) is 0 Å². The largest absolute Gasteiger partial charge is 0.420 e. The highest BCUT2D eigenvalue weighted by molar-refractivity contribution is 6.30. The standard InChI is InChI=1S/C15H12ClN3O/c16-12-5-1-10(2-6-12)9-14-18-19-15(20-14)11-3-7-13(17)8-4-11/h1-8H,9,17H2. The lowest BCUT2D eigenvalue weighted by Gasteiger charge is -1.97. The number of anilines is 1. The van der Waals surface area contributed by atoms with Crippen LogP contribution in [0.5, 0.6) is 0 Å². The first-order chi connectivity index (χ1) is 9.70. The summed E-state index contributed by atoms with van der Waals surface area (Å²) in [5.41, 5.74) is 8.28. The van der Waals surface area contributed by atoms with Crippen LogP contribution >= 0.6 is 11.6 Å². The Kier molecular flexibility index (Phi) is 3.39. The summed E-state index contributed by atoms with van der Waals surface area (Å²) in [6.07, 6.45) is 0.582. The van der Waals surface area contributed by atoms with Gasteiger partial charge in [0.15, 0.2) is 0 Å². The molecule has 0 atom stereocenters. The molecular formula is C15H12ClN3O. The lowest BCUT2D eigenvalue weighted by molar-refractivity contribution is 0.518. The van der Waals surface area contributed by atoms with Crippen molar-refractivity contribution in [3.8, 4) is 11.5 Å². The van der Waals surface area contributed by atoms with Crippen molar-refractivity contribution >= 4 is 17.3 Å². The lowest BCUT2D eigenvalue weighted by atomic mass is 10.1. The van der Waals surface area contributed by atoms with Gasteiger partial charge in [-0.1, -0.05) is 23.7 Å². The summed E-state index contributed by atoms with van der Waals surface area (Å²) in [4.78, 5) is 0. The van der Waals surface area contributed by atoms with Gasteiger partial charge in [0, 0.05) is 16.3 Å². The maximum Gasteiger partial charge on any atom is 0.247 e. The quantitative estimate of drug-likeness (QED) is 0.747. The van der Waals surface area contributed by atoms with Crippen LogP contribution in [0.1, 0.15) is 11.5 Å². The van der Waals surface area contributed by atoms with Gasteiger partial charge in [-0.3, -0.25) is 0 Å². The molecule has 1 heterocycles. The molecular weight excluding hydrogens is 274 g/mol. The van der Waals surface area contributed by atoms with Crippen molar-refractivity contribution in [1.82, 2.24) is 10.2 Å². The molecule has 2 N–H and O–H groups in total. The van der Waals surface area contributed by atoms with Crippen LogP contribution in [0.25, 0.3) is 11.5 Å². The van der Waals surface area contributed by atoms with Crippen molar-refractivity contribution in [2.24, 2.45) is 0 Å². The first-order valence-electron chi connectivity index (χ1n) is 6.13. The van der Waals surface area contributed by atoms with Gasteiger partial charge in [0.1, 0.15) is 0 Å². The summed E-state index contributed by atoms with van der Waals surface area (Å²) >= 11 is 5.85. The third-order valence-electron chi connectivity index (χ3n) is 2.89. The van der Waals surface area contributed by atoms with Gasteiger partial charge >= 0.3 is 0 Å². The summed E-state index contributed by atoms with van der Waals surface area (Å²) in [6, 6.07) is 14.9. The second-order valence-electron chi connectivity index (χ2n) is 4.43. The average Bonchev–Trinajstić information content (AvgIpc) is 2.91. The molecule has 0 radical (unpaired) electrons. The molecule has 5 heteroatoms. The summed E-state index contributed by atoms with van der Waals surface area (Å²) in [6.45, 7) is 0. The molecule has 0 aliphatic heterocycles. The van der Waals surface area contributed by atoms with Crippen molar-refractivity contribution in [3.05, 3.63) is 65.0 Å². The van der Waals surface area contributed by atoms with E-state index in [-0.39, 0.29) is 0 Å². The molecule has 0 saturated carbocycles. The number of hydrogen-bond acceptors (Lipinski definition) is 4. The zero-order valence-electron chi connectivity index (χ0n) is 10.6. The molecule has 0 fully saturated rings. The third-order valence-corrected chi connectivity index (χ3v) is 3.15. The van der Waals surface area contributed by atoms with Crippen LogP contribution in [0.2, 0.25) is 5.02 Å². The molecule has 0 aliphatic carbocycles. The second-order valence-corrected chi connectivity index (χ2v) is 4.86. The summed E-state index contributed by atoms with van der Waals surface area (Å²) in [5.74, 6) is 1.06. The van der Waals surface area contributed by atoms with E-state index >= 15 is 0 Å². The number of hydrogen-bond donors (Lipinski definition) is 1. The van der Waals surface area contributed by atoms with E-state index in [0.717, 1.165) is 11.1 Å². The zero-order valence-corrected chi connectivity index (χ0v) is 11.3. The van der Waals surface area contributed by atoms with Crippen LogP contribution in [0.4, 0.5) is 5.69 Å². The van der Waals surface area contributed by atoms with Crippen LogP contribution in [0.15, 0.2) is 52.9 Å². The lowest BCUT2D eigenvalue weighted by Crippen LogP contribution is -1.87. The van der Waals surface area contributed by atoms with Gasteiger partial charge in [0.05, 0.1) is 6.42 Å². The van der Waals surface area contributed by atoms with Crippen molar-refractivity contribution < 1.29 is 4.42 Å². The van der Waals surface area contributed by atoms with Gasteiger partial charge in [0.25, 0.3) is 0 Å². The van der Waals surface area contributed by atoms with Gasteiger partial charge in [-0.25, -0.2) is 0 Å². The fourth-order valence-corrected chi connectivity index (χ4v) is 1.97. The fourth-order valence-electron chi connectivity index (χ4n) is 1.84. The number of benzene rings is 2. The molecule has 0 unspecified atom stereocenters. The van der Waals surface area contributed by atoms with Gasteiger partial charge < -0.3 is 10.2 Å². The molecule has 3 rings (SSSR count). The predicted octanol–water partition coefficient (Wildman–Crippen LogP) is 3.56. The third kappa shape index (κ3) is 2.81. The average molecular weight is 286 g/mol. The normalized spacial score (nSPS) is 10.7. The van der Waals surface area contributed by atoms with Crippen LogP contribution in [0, 0.1) is 0 Å². The molecule has 0 spiro atoms. The minimum atomic E-state index is 0.494. The first-order valence-corrected chi connectivity index (χ1v) is 6.51. The number of halogens is 1. The predicted molar refractivity (Wildman–Crippen MR) is 78.4 cm³/mol. The molecule has 0 amide bonds. The number of aromatic nitrogens is 2. The molecule has 0 bridgehead atoms. The Balaban J connectivity index is 1.80. The van der Waals surface area contributed by atoms with Crippen LogP contribution in [0.3, 0.4) is 0 Å². The summed E-state index contributed by atoms with van der Waals surface area (Å²) < 4.78 is 5.65. The SMILES string of the molecule is Nc1ccc(-c2nnc(Cc3ccc(Cl)cc3)o2)cc1. The van der Waals surface area contributed by atoms with Gasteiger partial charge in [0.2, 0.25) is 11.8 Å². The number of nitrogens with zero attached hydrogens (tertiary/aromatic N) is 2. The van der Waals surface area contributed by atoms with E-state index < -0.39 is 0 Å². The Labute approximate surface area is 121 Å². The number of rotatable bonds is 3. The summed E-state index contributed by atoms with van der Waals surface area (Å²) in [7, 11) is 0. The van der Waals surface area contributed by atoms with Crippen molar-refractivity contribution in [2.75, 3.05) is 5.73 Å². The van der Waals surface area contributed by atoms with Crippen LogP contribution in [-0.4, -0.2) is 10.2 Å². The number of nitrogens with two attached hydrogens (primary N) is 1. The van der Waals surface area contributed by atoms with Gasteiger partial charge in [-0.15, -0.1) is 10.2 Å². The van der Waals surface area contributed by atoms with E-state index in [1.54, 1.807) is 12.1 Å². The number of nitrogen functional groups attached to an aromatic ring is 1. The molecule has 0 aliphatic rings. The van der Waals surface area contributed by atoms with Crippen molar-refractivity contribution in [2.45, 2.75) is 6.42 Å². The minimum Gasteiger partial charge on any atom is -0.420 e. The molecule has 0 saturated heterocycles. The monoisotopic (exact) mass is 285 g/mol. The van der Waals surface area contributed by atoms with Crippen LogP contribution in [-0.2, 0) is 6.42 Å². The molecule has 3 aromatic rings. The molecule has 4 nitrogen and oxygen atoms in total. The maximum atomic E-state index is 5.85. The van der Waals surface area contributed by atoms with Gasteiger partial charge in [-0.05, 0) is 42.0 Å². The Morgan fingerprint density at radius 1 is 0.950 bits per heavy atom. The van der Waals surface area contributed by atoms with E-state index in [1.165, 1.54) is 0 Å². The van der Waals surface area contributed by atoms with Crippen LogP contribution < -0.4 is 5.73 Å². The highest BCUT2D eigenvalue weighted by Crippen LogP contribution is 2.20. The van der Waals surface area contributed by atoms with E-state index in [2.05, 4.69) is 10.2 Å². The Morgan fingerprint density at radius 3 is 2.35 bits per heavy atom. The topological polar surface area (TPSA) is 64.9 Å². The highest BCUT2D eigenvalue weighted by atomic mass is 35.5. The smallest absolute Gasteiger partial charge is 0.247 e. The minimum absolute atomic E-state index is 0.494. The van der Waals surface area contributed by atoms with E-state index in [0.29, 0.717) is 28.9 Å². The van der Waals surface area contributed by atoms with E-state index in [1.807, 2.05) is 36.4 Å².